The van der Waals surface area contributed by atoms with Crippen molar-refractivity contribution >= 4 is 7.82 Å². The standard InChI is InChI=1S/C6H13O9P/c7-1-2-3(8)4(9)5(10)6(14-2)15-16(11,12)13/h2-10H,1H2,(H2,11,12,13)/t2?,3-,4+,5?,6?/m0/s1. The molecule has 1 rings (SSSR count). The second kappa shape index (κ2) is 5.05. The number of phosphoric acid groups is 1. The molecule has 0 spiro atoms. The Labute approximate surface area is 90.1 Å². The van der Waals surface area contributed by atoms with E-state index in [4.69, 9.17) is 14.9 Å². The molecule has 16 heavy (non-hydrogen) atoms. The highest BCUT2D eigenvalue weighted by molar-refractivity contribution is 7.46. The molecule has 1 heterocycles. The summed E-state index contributed by atoms with van der Waals surface area (Å²) in [6.45, 7) is -0.702. The second-order valence-corrected chi connectivity index (χ2v) is 4.49. The molecule has 0 amide bonds. The molecule has 0 aromatic carbocycles. The van der Waals surface area contributed by atoms with Crippen molar-refractivity contribution in [3.8, 4) is 0 Å². The van der Waals surface area contributed by atoms with Crippen molar-refractivity contribution in [1.82, 2.24) is 0 Å². The average molecular weight is 260 g/mol. The van der Waals surface area contributed by atoms with Crippen molar-refractivity contribution in [2.75, 3.05) is 6.61 Å². The van der Waals surface area contributed by atoms with E-state index in [1.807, 2.05) is 0 Å². The van der Waals surface area contributed by atoms with Crippen LogP contribution in [0.3, 0.4) is 0 Å². The lowest BCUT2D eigenvalue weighted by molar-refractivity contribution is -0.280. The van der Waals surface area contributed by atoms with Gasteiger partial charge in [0.2, 0.25) is 0 Å². The zero-order valence-electron chi connectivity index (χ0n) is 7.95. The Morgan fingerprint density at radius 3 is 2.12 bits per heavy atom. The van der Waals surface area contributed by atoms with Crippen LogP contribution in [0.1, 0.15) is 0 Å². The van der Waals surface area contributed by atoms with Crippen LogP contribution < -0.4 is 0 Å². The Morgan fingerprint density at radius 2 is 1.69 bits per heavy atom. The van der Waals surface area contributed by atoms with Crippen molar-refractivity contribution < 1.29 is 44.0 Å². The molecule has 1 aliphatic rings. The lowest BCUT2D eigenvalue weighted by Crippen LogP contribution is -2.58. The molecule has 3 unspecified atom stereocenters. The molecular weight excluding hydrogens is 247 g/mol. The molecule has 0 aliphatic carbocycles. The van der Waals surface area contributed by atoms with Gasteiger partial charge in [-0.2, -0.15) is 0 Å². The molecule has 1 saturated heterocycles. The number of phosphoric ester groups is 1. The minimum absolute atomic E-state index is 0.702. The zero-order valence-corrected chi connectivity index (χ0v) is 8.84. The molecular formula is C6H13O9P. The Hall–Kier alpha value is -0.0900. The maximum absolute atomic E-state index is 10.5. The van der Waals surface area contributed by atoms with Crippen LogP contribution in [-0.2, 0) is 13.8 Å². The van der Waals surface area contributed by atoms with Gasteiger partial charge in [-0.1, -0.05) is 0 Å². The van der Waals surface area contributed by atoms with Gasteiger partial charge in [-0.15, -0.1) is 0 Å². The molecule has 0 aromatic rings. The predicted octanol–water partition coefficient (Wildman–Crippen LogP) is -3.10. The Morgan fingerprint density at radius 1 is 1.12 bits per heavy atom. The van der Waals surface area contributed by atoms with Gasteiger partial charge in [-0.25, -0.2) is 4.57 Å². The Balaban J connectivity index is 2.75. The molecule has 9 nitrogen and oxygen atoms in total. The number of aliphatic hydroxyl groups excluding tert-OH is 4. The lowest BCUT2D eigenvalue weighted by Gasteiger charge is -2.39. The fourth-order valence-corrected chi connectivity index (χ4v) is 1.73. The van der Waals surface area contributed by atoms with E-state index in [2.05, 4.69) is 9.26 Å². The van der Waals surface area contributed by atoms with E-state index in [-0.39, 0.29) is 0 Å². The second-order valence-electron chi connectivity index (χ2n) is 3.29. The maximum Gasteiger partial charge on any atom is 0.472 e. The quantitative estimate of drug-likeness (QED) is 0.289. The summed E-state index contributed by atoms with van der Waals surface area (Å²) in [5.41, 5.74) is 0. The molecule has 0 radical (unpaired) electrons. The monoisotopic (exact) mass is 260 g/mol. The summed E-state index contributed by atoms with van der Waals surface area (Å²) >= 11 is 0. The molecule has 5 atom stereocenters. The SMILES string of the molecule is O=P(O)(O)OC1OC(CO)[C@H](O)[C@@H](O)C1O. The molecule has 1 fully saturated rings. The molecule has 10 heteroatoms. The molecule has 96 valence electrons. The van der Waals surface area contributed by atoms with Crippen molar-refractivity contribution in [1.29, 1.82) is 0 Å². The van der Waals surface area contributed by atoms with Crippen molar-refractivity contribution in [3.63, 3.8) is 0 Å². The minimum Gasteiger partial charge on any atom is -0.394 e. The summed E-state index contributed by atoms with van der Waals surface area (Å²) < 4.78 is 19.2. The van der Waals surface area contributed by atoms with Crippen LogP contribution in [0.25, 0.3) is 0 Å². The van der Waals surface area contributed by atoms with Gasteiger partial charge < -0.3 is 34.9 Å². The predicted molar refractivity (Wildman–Crippen MR) is 46.9 cm³/mol. The van der Waals surface area contributed by atoms with Crippen molar-refractivity contribution in [3.05, 3.63) is 0 Å². The fraction of sp³-hybridized carbons (Fsp3) is 1.00. The summed E-state index contributed by atoms with van der Waals surface area (Å²) in [6.07, 6.45) is -8.25. The van der Waals surface area contributed by atoms with Crippen LogP contribution in [0.4, 0.5) is 0 Å². The highest BCUT2D eigenvalue weighted by Crippen LogP contribution is 2.40. The summed E-state index contributed by atoms with van der Waals surface area (Å²) in [4.78, 5) is 17.0. The van der Waals surface area contributed by atoms with Gasteiger partial charge in [0, 0.05) is 0 Å². The molecule has 0 saturated carbocycles. The number of hydrogen-bond donors (Lipinski definition) is 6. The zero-order chi connectivity index (χ0) is 12.5. The molecule has 0 bridgehead atoms. The summed E-state index contributed by atoms with van der Waals surface area (Å²) in [5.74, 6) is 0. The van der Waals surface area contributed by atoms with Gasteiger partial charge in [0.15, 0.2) is 6.29 Å². The Bertz CT molecular complexity index is 275. The number of aliphatic hydroxyl groups is 4. The van der Waals surface area contributed by atoms with Crippen LogP contribution in [-0.4, -0.2) is 67.5 Å². The summed E-state index contributed by atoms with van der Waals surface area (Å²) in [5, 5.41) is 36.6. The van der Waals surface area contributed by atoms with E-state index in [1.165, 1.54) is 0 Å². The van der Waals surface area contributed by atoms with Crippen LogP contribution in [0, 0.1) is 0 Å². The number of rotatable bonds is 3. The van der Waals surface area contributed by atoms with Crippen LogP contribution in [0.5, 0.6) is 0 Å². The third kappa shape index (κ3) is 3.20. The Kier molecular flexibility index (Phi) is 4.41. The first-order valence-electron chi connectivity index (χ1n) is 4.30. The van der Waals surface area contributed by atoms with Crippen molar-refractivity contribution in [2.45, 2.75) is 30.7 Å². The smallest absolute Gasteiger partial charge is 0.394 e. The van der Waals surface area contributed by atoms with Gasteiger partial charge in [0.05, 0.1) is 6.61 Å². The highest BCUT2D eigenvalue weighted by atomic mass is 31.2. The number of hydrogen-bond acceptors (Lipinski definition) is 7. The van der Waals surface area contributed by atoms with Crippen LogP contribution in [0.2, 0.25) is 0 Å². The molecule has 6 N–H and O–H groups in total. The van der Waals surface area contributed by atoms with E-state index in [0.29, 0.717) is 0 Å². The van der Waals surface area contributed by atoms with E-state index < -0.39 is 45.1 Å². The lowest BCUT2D eigenvalue weighted by atomic mass is 10.00. The van der Waals surface area contributed by atoms with E-state index in [9.17, 15) is 19.9 Å². The normalized spacial score (nSPS) is 41.0. The summed E-state index contributed by atoms with van der Waals surface area (Å²) in [7, 11) is -4.91. The summed E-state index contributed by atoms with van der Waals surface area (Å²) in [6, 6.07) is 0. The number of ether oxygens (including phenoxy) is 1. The van der Waals surface area contributed by atoms with E-state index >= 15 is 0 Å². The van der Waals surface area contributed by atoms with Crippen LogP contribution in [0.15, 0.2) is 0 Å². The minimum atomic E-state index is -4.91. The van der Waals surface area contributed by atoms with Gasteiger partial charge in [0.25, 0.3) is 0 Å². The highest BCUT2D eigenvalue weighted by Gasteiger charge is 2.46. The van der Waals surface area contributed by atoms with E-state index in [1.54, 1.807) is 0 Å². The van der Waals surface area contributed by atoms with Crippen LogP contribution >= 0.6 is 7.82 Å². The van der Waals surface area contributed by atoms with E-state index in [0.717, 1.165) is 0 Å². The first kappa shape index (κ1) is 14.0. The third-order valence-corrected chi connectivity index (χ3v) is 2.57. The largest absolute Gasteiger partial charge is 0.472 e. The molecule has 0 aromatic heterocycles. The average Bonchev–Trinajstić information content (AvgIpc) is 2.17. The van der Waals surface area contributed by atoms with Gasteiger partial charge in [-0.3, -0.25) is 4.52 Å². The van der Waals surface area contributed by atoms with Gasteiger partial charge in [0.1, 0.15) is 24.4 Å². The first-order chi connectivity index (χ1) is 7.26. The molecule has 1 aliphatic heterocycles. The van der Waals surface area contributed by atoms with Crippen molar-refractivity contribution in [2.24, 2.45) is 0 Å². The fourth-order valence-electron chi connectivity index (χ4n) is 1.29. The maximum atomic E-state index is 10.5. The third-order valence-electron chi connectivity index (χ3n) is 2.09. The first-order valence-corrected chi connectivity index (χ1v) is 5.83. The topological polar surface area (TPSA) is 157 Å². The van der Waals surface area contributed by atoms with Gasteiger partial charge >= 0.3 is 7.82 Å². The van der Waals surface area contributed by atoms with Gasteiger partial charge in [-0.05, 0) is 0 Å².